The fourth-order valence-electron chi connectivity index (χ4n) is 4.26. The van der Waals surface area contributed by atoms with Crippen LogP contribution in [0.3, 0.4) is 0 Å². The molecule has 0 radical (unpaired) electrons. The van der Waals surface area contributed by atoms with E-state index in [1.54, 1.807) is 0 Å². The number of hydrogen-bond acceptors (Lipinski definition) is 4. The van der Waals surface area contributed by atoms with E-state index in [-0.39, 0.29) is 11.8 Å². The van der Waals surface area contributed by atoms with Crippen LogP contribution >= 0.6 is 0 Å². The maximum atomic E-state index is 12.8. The molecule has 1 aliphatic rings. The Kier molecular flexibility index (Phi) is 14.5. The van der Waals surface area contributed by atoms with Gasteiger partial charge in [-0.05, 0) is 77.3 Å². The molecule has 6 nitrogen and oxygen atoms in total. The van der Waals surface area contributed by atoms with Crippen molar-refractivity contribution in [2.24, 2.45) is 11.8 Å². The van der Waals surface area contributed by atoms with Crippen molar-refractivity contribution in [1.29, 1.82) is 0 Å². The molecule has 0 saturated carbocycles. The van der Waals surface area contributed by atoms with E-state index in [4.69, 9.17) is 0 Å². The zero-order valence-electron chi connectivity index (χ0n) is 21.4. The molecular formula is C26H49N3O3. The minimum atomic E-state index is -0.473. The number of likely N-dealkylation sites (tertiary alicyclic amines) is 1. The molecule has 0 unspecified atom stereocenters. The molecule has 2 amide bonds. The average molecular weight is 452 g/mol. The number of carbonyl (C=O) groups is 3. The first-order valence-electron chi connectivity index (χ1n) is 13.1. The fourth-order valence-corrected chi connectivity index (χ4v) is 4.26. The molecule has 1 heterocycles. The summed E-state index contributed by atoms with van der Waals surface area (Å²) in [4.78, 5) is 39.2. The Morgan fingerprint density at radius 3 is 2.22 bits per heavy atom. The SMILES string of the molecule is CCC(=O)CCCCC[C@H](NC(=O)CCC(C)C)C(=O)NCCC1CCN(C(C)C)CC1. The largest absolute Gasteiger partial charge is 0.354 e. The number of amides is 2. The van der Waals surface area contributed by atoms with Crippen LogP contribution < -0.4 is 10.6 Å². The Morgan fingerprint density at radius 1 is 0.938 bits per heavy atom. The van der Waals surface area contributed by atoms with Crippen molar-refractivity contribution in [3.63, 3.8) is 0 Å². The molecule has 6 heteroatoms. The van der Waals surface area contributed by atoms with Crippen molar-refractivity contribution in [1.82, 2.24) is 15.5 Å². The van der Waals surface area contributed by atoms with Crippen LogP contribution in [0, 0.1) is 11.8 Å². The summed E-state index contributed by atoms with van der Waals surface area (Å²) in [6.07, 6.45) is 9.12. The number of ketones is 1. The second-order valence-corrected chi connectivity index (χ2v) is 10.2. The van der Waals surface area contributed by atoms with Crippen LogP contribution in [0.15, 0.2) is 0 Å². The minimum absolute atomic E-state index is 0.0407. The first kappa shape index (κ1) is 28.6. The van der Waals surface area contributed by atoms with Gasteiger partial charge in [-0.2, -0.15) is 0 Å². The van der Waals surface area contributed by atoms with Crippen molar-refractivity contribution in [3.8, 4) is 0 Å². The van der Waals surface area contributed by atoms with Gasteiger partial charge in [-0.1, -0.05) is 33.6 Å². The lowest BCUT2D eigenvalue weighted by Gasteiger charge is -2.34. The predicted octanol–water partition coefficient (Wildman–Crippen LogP) is 4.46. The van der Waals surface area contributed by atoms with E-state index >= 15 is 0 Å². The fraction of sp³-hybridized carbons (Fsp3) is 0.885. The molecule has 186 valence electrons. The molecule has 1 fully saturated rings. The van der Waals surface area contributed by atoms with Crippen molar-refractivity contribution in [2.75, 3.05) is 19.6 Å². The Balaban J connectivity index is 2.42. The lowest BCUT2D eigenvalue weighted by molar-refractivity contribution is -0.129. The lowest BCUT2D eigenvalue weighted by atomic mass is 9.93. The Labute approximate surface area is 196 Å². The monoisotopic (exact) mass is 451 g/mol. The molecule has 1 rings (SSSR count). The Bertz CT molecular complexity index is 555. The highest BCUT2D eigenvalue weighted by Gasteiger charge is 2.23. The van der Waals surface area contributed by atoms with Gasteiger partial charge in [-0.15, -0.1) is 0 Å². The van der Waals surface area contributed by atoms with Crippen molar-refractivity contribution < 1.29 is 14.4 Å². The third-order valence-electron chi connectivity index (χ3n) is 6.67. The quantitative estimate of drug-likeness (QED) is 0.340. The zero-order valence-corrected chi connectivity index (χ0v) is 21.4. The molecule has 2 N–H and O–H groups in total. The molecule has 1 aliphatic heterocycles. The van der Waals surface area contributed by atoms with Crippen LogP contribution in [-0.4, -0.2) is 54.2 Å². The van der Waals surface area contributed by atoms with E-state index in [0.29, 0.717) is 55.9 Å². The van der Waals surface area contributed by atoms with E-state index in [0.717, 1.165) is 45.2 Å². The minimum Gasteiger partial charge on any atom is -0.354 e. The molecule has 0 aromatic rings. The van der Waals surface area contributed by atoms with Crippen LogP contribution in [-0.2, 0) is 14.4 Å². The summed E-state index contributed by atoms with van der Waals surface area (Å²) in [5.41, 5.74) is 0. The summed E-state index contributed by atoms with van der Waals surface area (Å²) in [6, 6.07) is 0.134. The Morgan fingerprint density at radius 2 is 1.62 bits per heavy atom. The smallest absolute Gasteiger partial charge is 0.242 e. The van der Waals surface area contributed by atoms with E-state index in [1.807, 2.05) is 6.92 Å². The predicted molar refractivity (Wildman–Crippen MR) is 131 cm³/mol. The van der Waals surface area contributed by atoms with Crippen LogP contribution in [0.4, 0.5) is 0 Å². The second kappa shape index (κ2) is 16.2. The second-order valence-electron chi connectivity index (χ2n) is 10.2. The number of unbranched alkanes of at least 4 members (excludes halogenated alkanes) is 2. The molecule has 0 bridgehead atoms. The summed E-state index contributed by atoms with van der Waals surface area (Å²) in [7, 11) is 0. The maximum absolute atomic E-state index is 12.8. The van der Waals surface area contributed by atoms with Gasteiger partial charge in [-0.3, -0.25) is 14.4 Å². The maximum Gasteiger partial charge on any atom is 0.242 e. The Hall–Kier alpha value is -1.43. The number of Topliss-reactive ketones (excluding diaryl/α,β-unsaturated/α-hetero) is 1. The highest BCUT2D eigenvalue weighted by Crippen LogP contribution is 2.21. The van der Waals surface area contributed by atoms with Crippen molar-refractivity contribution in [2.45, 2.75) is 117 Å². The van der Waals surface area contributed by atoms with Gasteiger partial charge in [0.1, 0.15) is 11.8 Å². The standard InChI is InChI=1S/C26H49N3O3/c1-6-23(30)10-8-7-9-11-24(28-25(31)13-12-20(2)3)26(32)27-17-14-22-15-18-29(19-16-22)21(4)5/h20-22,24H,6-19H2,1-5H3,(H,27,32)(H,28,31)/t24-/m0/s1. The van der Waals surface area contributed by atoms with Crippen LogP contribution in [0.2, 0.25) is 0 Å². The van der Waals surface area contributed by atoms with Crippen LogP contribution in [0.5, 0.6) is 0 Å². The summed E-state index contributed by atoms with van der Waals surface area (Å²) in [5.74, 6) is 1.32. The third-order valence-corrected chi connectivity index (χ3v) is 6.67. The normalized spacial score (nSPS) is 16.3. The van der Waals surface area contributed by atoms with Gasteiger partial charge in [0.25, 0.3) is 0 Å². The number of carbonyl (C=O) groups excluding carboxylic acids is 3. The highest BCUT2D eigenvalue weighted by atomic mass is 16.2. The van der Waals surface area contributed by atoms with E-state index in [9.17, 15) is 14.4 Å². The molecular weight excluding hydrogens is 402 g/mol. The van der Waals surface area contributed by atoms with Gasteiger partial charge in [0.2, 0.25) is 11.8 Å². The van der Waals surface area contributed by atoms with E-state index in [2.05, 4.69) is 43.2 Å². The third kappa shape index (κ3) is 12.6. The molecule has 1 saturated heterocycles. The van der Waals surface area contributed by atoms with Gasteiger partial charge in [0.15, 0.2) is 0 Å². The van der Waals surface area contributed by atoms with Gasteiger partial charge in [0, 0.05) is 31.8 Å². The van der Waals surface area contributed by atoms with Gasteiger partial charge < -0.3 is 15.5 Å². The molecule has 0 spiro atoms. The highest BCUT2D eigenvalue weighted by molar-refractivity contribution is 5.87. The summed E-state index contributed by atoms with van der Waals surface area (Å²) < 4.78 is 0. The van der Waals surface area contributed by atoms with Crippen molar-refractivity contribution >= 4 is 17.6 Å². The van der Waals surface area contributed by atoms with Gasteiger partial charge >= 0.3 is 0 Å². The summed E-state index contributed by atoms with van der Waals surface area (Å²) >= 11 is 0. The molecule has 0 aromatic carbocycles. The number of hydrogen-bond donors (Lipinski definition) is 2. The van der Waals surface area contributed by atoms with Crippen molar-refractivity contribution in [3.05, 3.63) is 0 Å². The van der Waals surface area contributed by atoms with Gasteiger partial charge in [-0.25, -0.2) is 0 Å². The molecule has 1 atom stereocenters. The first-order valence-corrected chi connectivity index (χ1v) is 13.1. The number of piperidine rings is 1. The summed E-state index contributed by atoms with van der Waals surface area (Å²) in [5, 5.41) is 6.05. The first-order chi connectivity index (χ1) is 15.2. The molecule has 0 aliphatic carbocycles. The van der Waals surface area contributed by atoms with Gasteiger partial charge in [0.05, 0.1) is 0 Å². The average Bonchev–Trinajstić information content (AvgIpc) is 2.76. The number of nitrogens with one attached hydrogen (secondary N) is 2. The van der Waals surface area contributed by atoms with Crippen LogP contribution in [0.1, 0.15) is 105 Å². The van der Waals surface area contributed by atoms with Crippen LogP contribution in [0.25, 0.3) is 0 Å². The summed E-state index contributed by atoms with van der Waals surface area (Å²) in [6.45, 7) is 13.5. The number of nitrogens with zero attached hydrogens (tertiary/aromatic N) is 1. The number of rotatable bonds is 16. The van der Waals surface area contributed by atoms with E-state index in [1.165, 1.54) is 12.8 Å². The lowest BCUT2D eigenvalue weighted by Crippen LogP contribution is -2.47. The molecule has 0 aromatic heterocycles. The van der Waals surface area contributed by atoms with E-state index < -0.39 is 6.04 Å². The topological polar surface area (TPSA) is 78.5 Å². The molecule has 32 heavy (non-hydrogen) atoms. The zero-order chi connectivity index (χ0) is 23.9.